The largest absolute Gasteiger partial charge is 0.497 e. The lowest BCUT2D eigenvalue weighted by Crippen LogP contribution is -2.38. The van der Waals surface area contributed by atoms with Crippen molar-refractivity contribution in [3.8, 4) is 5.75 Å². The van der Waals surface area contributed by atoms with Gasteiger partial charge in [0.15, 0.2) is 0 Å². The molecule has 0 radical (unpaired) electrons. The lowest BCUT2D eigenvalue weighted by atomic mass is 9.92. The summed E-state index contributed by atoms with van der Waals surface area (Å²) in [4.78, 5) is 16.0. The molecule has 116 valence electrons. The smallest absolute Gasteiger partial charge is 0.253 e. The second-order valence-electron chi connectivity index (χ2n) is 5.75. The number of likely N-dealkylation sites (tertiary alicyclic amines) is 1. The zero-order chi connectivity index (χ0) is 15.4. The summed E-state index contributed by atoms with van der Waals surface area (Å²) in [6.45, 7) is 1.71. The Labute approximate surface area is 135 Å². The molecular weight excluding hydrogens is 294 g/mol. The number of hydrogen-bond donors (Lipinski definition) is 0. The normalized spacial score (nSPS) is 15.8. The van der Waals surface area contributed by atoms with Gasteiger partial charge in [0.25, 0.3) is 5.91 Å². The van der Waals surface area contributed by atoms with Crippen LogP contribution in [0.15, 0.2) is 41.8 Å². The van der Waals surface area contributed by atoms with Crippen molar-refractivity contribution in [1.29, 1.82) is 0 Å². The van der Waals surface area contributed by atoms with Gasteiger partial charge >= 0.3 is 0 Å². The maximum absolute atomic E-state index is 12.6. The minimum Gasteiger partial charge on any atom is -0.497 e. The van der Waals surface area contributed by atoms with E-state index in [-0.39, 0.29) is 5.91 Å². The molecule has 0 spiro atoms. The molecular formula is C18H21NO2S. The Morgan fingerprint density at radius 2 is 2.09 bits per heavy atom. The van der Waals surface area contributed by atoms with Gasteiger partial charge in [-0.3, -0.25) is 4.79 Å². The van der Waals surface area contributed by atoms with Crippen LogP contribution < -0.4 is 4.74 Å². The van der Waals surface area contributed by atoms with Crippen molar-refractivity contribution in [3.63, 3.8) is 0 Å². The van der Waals surface area contributed by atoms with Crippen LogP contribution in [0, 0.1) is 5.92 Å². The van der Waals surface area contributed by atoms with Gasteiger partial charge in [-0.2, -0.15) is 0 Å². The molecule has 1 aromatic heterocycles. The topological polar surface area (TPSA) is 29.5 Å². The number of rotatable bonds is 4. The van der Waals surface area contributed by atoms with Gasteiger partial charge in [0, 0.05) is 23.5 Å². The number of hydrogen-bond acceptors (Lipinski definition) is 3. The van der Waals surface area contributed by atoms with Crippen molar-refractivity contribution in [2.24, 2.45) is 5.92 Å². The summed E-state index contributed by atoms with van der Waals surface area (Å²) in [6, 6.07) is 11.7. The Morgan fingerprint density at radius 3 is 2.77 bits per heavy atom. The number of methoxy groups -OCH3 is 1. The Morgan fingerprint density at radius 1 is 1.27 bits per heavy atom. The second kappa shape index (κ2) is 6.97. The van der Waals surface area contributed by atoms with Gasteiger partial charge in [0.2, 0.25) is 0 Å². The zero-order valence-electron chi connectivity index (χ0n) is 12.8. The van der Waals surface area contributed by atoms with Crippen LogP contribution in [0.1, 0.15) is 28.1 Å². The molecule has 1 aliphatic heterocycles. The Balaban J connectivity index is 1.57. The quantitative estimate of drug-likeness (QED) is 0.857. The number of nitrogens with zero attached hydrogens (tertiary/aromatic N) is 1. The number of carbonyl (C=O) groups excluding carboxylic acids is 1. The molecule has 2 heterocycles. The monoisotopic (exact) mass is 315 g/mol. The highest BCUT2D eigenvalue weighted by Gasteiger charge is 2.24. The van der Waals surface area contributed by atoms with Gasteiger partial charge in [0.1, 0.15) is 5.75 Å². The van der Waals surface area contributed by atoms with Crippen molar-refractivity contribution in [2.75, 3.05) is 20.2 Å². The fourth-order valence-electron chi connectivity index (χ4n) is 2.99. The minimum absolute atomic E-state index is 0.119. The first-order chi connectivity index (χ1) is 10.8. The summed E-state index contributed by atoms with van der Waals surface area (Å²) < 4.78 is 5.20. The first kappa shape index (κ1) is 15.1. The van der Waals surface area contributed by atoms with Crippen molar-refractivity contribution < 1.29 is 9.53 Å². The average Bonchev–Trinajstić information content (AvgIpc) is 3.08. The summed E-state index contributed by atoms with van der Waals surface area (Å²) in [7, 11) is 1.62. The van der Waals surface area contributed by atoms with Gasteiger partial charge in [-0.05, 0) is 54.8 Å². The highest BCUT2D eigenvalue weighted by atomic mass is 32.1. The third-order valence-corrected chi connectivity index (χ3v) is 5.19. The molecule has 1 saturated heterocycles. The van der Waals surface area contributed by atoms with Crippen molar-refractivity contribution in [1.82, 2.24) is 4.90 Å². The number of piperidine rings is 1. The standard InChI is InChI=1S/C18H21NO2S/c1-21-16-5-2-4-15(13-16)18(20)19-9-7-14(8-10-19)12-17-6-3-11-22-17/h2-6,11,13-14H,7-10,12H2,1H3. The maximum Gasteiger partial charge on any atom is 0.253 e. The first-order valence-electron chi connectivity index (χ1n) is 7.72. The Bertz CT molecular complexity index is 616. The van der Waals surface area contributed by atoms with E-state index in [0.717, 1.165) is 43.7 Å². The predicted molar refractivity (Wildman–Crippen MR) is 89.6 cm³/mol. The zero-order valence-corrected chi connectivity index (χ0v) is 13.6. The summed E-state index contributed by atoms with van der Waals surface area (Å²) in [5, 5.41) is 2.14. The van der Waals surface area contributed by atoms with Gasteiger partial charge in [-0.1, -0.05) is 12.1 Å². The SMILES string of the molecule is COc1cccc(C(=O)N2CCC(Cc3cccs3)CC2)c1. The first-order valence-corrected chi connectivity index (χ1v) is 8.60. The molecule has 22 heavy (non-hydrogen) atoms. The van der Waals surface area contributed by atoms with Gasteiger partial charge in [-0.15, -0.1) is 11.3 Å². The molecule has 2 aromatic rings. The molecule has 1 aromatic carbocycles. The van der Waals surface area contributed by atoms with E-state index in [1.807, 2.05) is 40.5 Å². The van der Waals surface area contributed by atoms with E-state index in [1.54, 1.807) is 7.11 Å². The molecule has 0 saturated carbocycles. The average molecular weight is 315 g/mol. The number of carbonyl (C=O) groups is 1. The molecule has 1 aliphatic rings. The Hall–Kier alpha value is -1.81. The van der Waals surface area contributed by atoms with Gasteiger partial charge in [0.05, 0.1) is 7.11 Å². The van der Waals surface area contributed by atoms with E-state index >= 15 is 0 Å². The summed E-state index contributed by atoms with van der Waals surface area (Å²) in [6.07, 6.45) is 3.33. The number of amides is 1. The molecule has 1 amide bonds. The fraction of sp³-hybridized carbons (Fsp3) is 0.389. The Kier molecular flexibility index (Phi) is 4.78. The molecule has 0 aliphatic carbocycles. The molecule has 0 bridgehead atoms. The van der Waals surface area contributed by atoms with E-state index in [9.17, 15) is 4.79 Å². The van der Waals surface area contributed by atoms with Crippen molar-refractivity contribution in [2.45, 2.75) is 19.3 Å². The fourth-order valence-corrected chi connectivity index (χ4v) is 3.81. The third-order valence-electron chi connectivity index (χ3n) is 4.29. The number of ether oxygens (including phenoxy) is 1. The van der Waals surface area contributed by atoms with Crippen LogP contribution in [-0.2, 0) is 6.42 Å². The predicted octanol–water partition coefficient (Wildman–Crippen LogP) is 3.85. The van der Waals surface area contributed by atoms with Crippen LogP contribution in [0.5, 0.6) is 5.75 Å². The summed E-state index contributed by atoms with van der Waals surface area (Å²) in [5.41, 5.74) is 0.719. The van der Waals surface area contributed by atoms with E-state index in [2.05, 4.69) is 17.5 Å². The molecule has 0 atom stereocenters. The van der Waals surface area contributed by atoms with Crippen LogP contribution in [0.4, 0.5) is 0 Å². The van der Waals surface area contributed by atoms with Crippen LogP contribution in [0.2, 0.25) is 0 Å². The van der Waals surface area contributed by atoms with E-state index in [4.69, 9.17) is 4.74 Å². The number of thiophene rings is 1. The highest BCUT2D eigenvalue weighted by molar-refractivity contribution is 7.09. The maximum atomic E-state index is 12.6. The van der Waals surface area contributed by atoms with Gasteiger partial charge < -0.3 is 9.64 Å². The molecule has 3 rings (SSSR count). The van der Waals surface area contributed by atoms with Crippen molar-refractivity contribution >= 4 is 17.2 Å². The summed E-state index contributed by atoms with van der Waals surface area (Å²) >= 11 is 1.83. The number of benzene rings is 1. The van der Waals surface area contributed by atoms with E-state index in [0.29, 0.717) is 5.92 Å². The van der Waals surface area contributed by atoms with Crippen LogP contribution >= 0.6 is 11.3 Å². The van der Waals surface area contributed by atoms with E-state index in [1.165, 1.54) is 4.88 Å². The van der Waals surface area contributed by atoms with Crippen molar-refractivity contribution in [3.05, 3.63) is 52.2 Å². The highest BCUT2D eigenvalue weighted by Crippen LogP contribution is 2.25. The third kappa shape index (κ3) is 3.50. The lowest BCUT2D eigenvalue weighted by Gasteiger charge is -2.32. The summed E-state index contributed by atoms with van der Waals surface area (Å²) in [5.74, 6) is 1.56. The van der Waals surface area contributed by atoms with Crippen LogP contribution in [0.3, 0.4) is 0 Å². The molecule has 1 fully saturated rings. The minimum atomic E-state index is 0.119. The van der Waals surface area contributed by atoms with Crippen LogP contribution in [0.25, 0.3) is 0 Å². The van der Waals surface area contributed by atoms with Gasteiger partial charge in [-0.25, -0.2) is 0 Å². The molecule has 3 nitrogen and oxygen atoms in total. The second-order valence-corrected chi connectivity index (χ2v) is 6.78. The molecule has 0 N–H and O–H groups in total. The molecule has 0 unspecified atom stereocenters. The molecule has 4 heteroatoms. The van der Waals surface area contributed by atoms with E-state index < -0.39 is 0 Å². The van der Waals surface area contributed by atoms with Crippen LogP contribution in [-0.4, -0.2) is 31.0 Å². The lowest BCUT2D eigenvalue weighted by molar-refractivity contribution is 0.0690.